The molecule has 2 heterocycles. The van der Waals surface area contributed by atoms with Crippen LogP contribution in [-0.2, 0) is 13.0 Å². The molecule has 0 fully saturated rings. The third-order valence-electron chi connectivity index (χ3n) is 3.37. The number of nitrogens with one attached hydrogen (secondary N) is 1. The minimum absolute atomic E-state index is 0.650. The Hall–Kier alpha value is -2.14. The van der Waals surface area contributed by atoms with Crippen molar-refractivity contribution >= 4 is 26.7 Å². The summed E-state index contributed by atoms with van der Waals surface area (Å²) in [4.78, 5) is 8.74. The number of anilines is 1. The molecule has 0 saturated carbocycles. The number of pyridine rings is 1. The Labute approximate surface area is 127 Å². The summed E-state index contributed by atoms with van der Waals surface area (Å²) in [5, 5.41) is 4.27. The number of hydrogen-bond acceptors (Lipinski definition) is 5. The summed E-state index contributed by atoms with van der Waals surface area (Å²) in [6, 6.07) is 8.29. The molecule has 0 spiro atoms. The van der Waals surface area contributed by atoms with Gasteiger partial charge in [-0.1, -0.05) is 24.3 Å². The molecular formula is C16H17N3OS. The van der Waals surface area contributed by atoms with Crippen LogP contribution in [0.1, 0.15) is 18.1 Å². The molecule has 0 bridgehead atoms. The van der Waals surface area contributed by atoms with Crippen molar-refractivity contribution in [3.63, 3.8) is 0 Å². The SMILES string of the molecule is CCc1ccc2nc(NCc3cnccc3OC)sc2c1. The summed E-state index contributed by atoms with van der Waals surface area (Å²) in [6.45, 7) is 2.81. The number of benzene rings is 1. The lowest BCUT2D eigenvalue weighted by atomic mass is 10.2. The molecule has 0 amide bonds. The van der Waals surface area contributed by atoms with Crippen molar-refractivity contribution in [1.29, 1.82) is 0 Å². The lowest BCUT2D eigenvalue weighted by Gasteiger charge is -2.07. The zero-order valence-corrected chi connectivity index (χ0v) is 12.9. The molecule has 5 heteroatoms. The summed E-state index contributed by atoms with van der Waals surface area (Å²) >= 11 is 1.68. The first-order valence-electron chi connectivity index (χ1n) is 6.90. The van der Waals surface area contributed by atoms with Gasteiger partial charge in [-0.25, -0.2) is 4.98 Å². The van der Waals surface area contributed by atoms with Crippen LogP contribution in [-0.4, -0.2) is 17.1 Å². The summed E-state index contributed by atoms with van der Waals surface area (Å²) in [5.41, 5.74) is 3.40. The van der Waals surface area contributed by atoms with E-state index in [0.29, 0.717) is 6.54 Å². The Morgan fingerprint density at radius 2 is 2.19 bits per heavy atom. The Kier molecular flexibility index (Phi) is 4.01. The van der Waals surface area contributed by atoms with Crippen LogP contribution >= 0.6 is 11.3 Å². The maximum Gasteiger partial charge on any atom is 0.184 e. The number of methoxy groups -OCH3 is 1. The van der Waals surface area contributed by atoms with E-state index in [2.05, 4.69) is 40.4 Å². The topological polar surface area (TPSA) is 47.0 Å². The monoisotopic (exact) mass is 299 g/mol. The minimum Gasteiger partial charge on any atom is -0.496 e. The van der Waals surface area contributed by atoms with Crippen LogP contribution in [0.3, 0.4) is 0 Å². The van der Waals surface area contributed by atoms with Gasteiger partial charge in [0.25, 0.3) is 0 Å². The highest BCUT2D eigenvalue weighted by atomic mass is 32.1. The van der Waals surface area contributed by atoms with E-state index in [1.165, 1.54) is 10.3 Å². The fraction of sp³-hybridized carbons (Fsp3) is 0.250. The molecule has 2 aromatic heterocycles. The van der Waals surface area contributed by atoms with E-state index in [-0.39, 0.29) is 0 Å². The predicted molar refractivity (Wildman–Crippen MR) is 87.1 cm³/mol. The predicted octanol–water partition coefficient (Wildman–Crippen LogP) is 3.87. The van der Waals surface area contributed by atoms with E-state index in [1.54, 1.807) is 24.6 Å². The molecule has 0 aliphatic rings. The van der Waals surface area contributed by atoms with Crippen molar-refractivity contribution in [2.75, 3.05) is 12.4 Å². The van der Waals surface area contributed by atoms with Crippen LogP contribution in [0.25, 0.3) is 10.2 Å². The van der Waals surface area contributed by atoms with Gasteiger partial charge < -0.3 is 10.1 Å². The smallest absolute Gasteiger partial charge is 0.184 e. The lowest BCUT2D eigenvalue weighted by molar-refractivity contribution is 0.409. The zero-order chi connectivity index (χ0) is 14.7. The third-order valence-corrected chi connectivity index (χ3v) is 4.35. The van der Waals surface area contributed by atoms with Crippen LogP contribution < -0.4 is 10.1 Å². The molecule has 4 nitrogen and oxygen atoms in total. The maximum absolute atomic E-state index is 5.33. The molecule has 1 aromatic carbocycles. The molecule has 0 radical (unpaired) electrons. The van der Waals surface area contributed by atoms with Crippen LogP contribution in [0.5, 0.6) is 5.75 Å². The first-order valence-corrected chi connectivity index (χ1v) is 7.72. The van der Waals surface area contributed by atoms with Gasteiger partial charge >= 0.3 is 0 Å². The van der Waals surface area contributed by atoms with Crippen LogP contribution in [0, 0.1) is 0 Å². The number of aromatic nitrogens is 2. The molecule has 0 unspecified atom stereocenters. The second kappa shape index (κ2) is 6.10. The van der Waals surface area contributed by atoms with Gasteiger partial charge in [0, 0.05) is 24.5 Å². The summed E-state index contributed by atoms with van der Waals surface area (Å²) in [5.74, 6) is 0.840. The number of ether oxygens (including phenoxy) is 1. The van der Waals surface area contributed by atoms with Gasteiger partial charge in [-0.05, 0) is 30.2 Å². The lowest BCUT2D eigenvalue weighted by Crippen LogP contribution is -2.01. The zero-order valence-electron chi connectivity index (χ0n) is 12.1. The van der Waals surface area contributed by atoms with Crippen molar-refractivity contribution in [1.82, 2.24) is 9.97 Å². The van der Waals surface area contributed by atoms with Crippen molar-refractivity contribution in [3.05, 3.63) is 47.8 Å². The third kappa shape index (κ3) is 2.97. The number of nitrogens with zero attached hydrogens (tertiary/aromatic N) is 2. The average Bonchev–Trinajstić information content (AvgIpc) is 2.94. The second-order valence-corrected chi connectivity index (χ2v) is 5.75. The number of rotatable bonds is 5. The highest BCUT2D eigenvalue weighted by Crippen LogP contribution is 2.28. The average molecular weight is 299 g/mol. The van der Waals surface area contributed by atoms with E-state index >= 15 is 0 Å². The quantitative estimate of drug-likeness (QED) is 0.777. The largest absolute Gasteiger partial charge is 0.496 e. The fourth-order valence-corrected chi connectivity index (χ4v) is 3.11. The molecular weight excluding hydrogens is 282 g/mol. The second-order valence-electron chi connectivity index (χ2n) is 4.72. The highest BCUT2D eigenvalue weighted by Gasteiger charge is 2.06. The molecule has 21 heavy (non-hydrogen) atoms. The Morgan fingerprint density at radius 3 is 3.00 bits per heavy atom. The molecule has 0 aliphatic heterocycles. The van der Waals surface area contributed by atoms with Crippen LogP contribution in [0.15, 0.2) is 36.7 Å². The first kappa shape index (κ1) is 13.8. The van der Waals surface area contributed by atoms with E-state index in [0.717, 1.165) is 28.4 Å². The molecule has 0 saturated heterocycles. The van der Waals surface area contributed by atoms with E-state index in [1.807, 2.05) is 12.3 Å². The van der Waals surface area contributed by atoms with E-state index < -0.39 is 0 Å². The van der Waals surface area contributed by atoms with Crippen molar-refractivity contribution in [2.45, 2.75) is 19.9 Å². The van der Waals surface area contributed by atoms with E-state index in [9.17, 15) is 0 Å². The number of aryl methyl sites for hydroxylation is 1. The van der Waals surface area contributed by atoms with Crippen molar-refractivity contribution in [3.8, 4) is 5.75 Å². The molecule has 108 valence electrons. The molecule has 1 N–H and O–H groups in total. The molecule has 0 atom stereocenters. The molecule has 3 rings (SSSR count). The number of fused-ring (bicyclic) bond motifs is 1. The fourth-order valence-electron chi connectivity index (χ4n) is 2.18. The Morgan fingerprint density at radius 1 is 1.29 bits per heavy atom. The summed E-state index contributed by atoms with van der Waals surface area (Å²) in [7, 11) is 1.67. The normalized spacial score (nSPS) is 10.8. The summed E-state index contributed by atoms with van der Waals surface area (Å²) in [6.07, 6.45) is 4.59. The van der Waals surface area contributed by atoms with Gasteiger partial charge in [0.05, 0.1) is 17.3 Å². The number of hydrogen-bond donors (Lipinski definition) is 1. The summed E-state index contributed by atoms with van der Waals surface area (Å²) < 4.78 is 6.54. The standard InChI is InChI=1S/C16H17N3OS/c1-3-11-4-5-13-15(8-11)21-16(19-13)18-10-12-9-17-7-6-14(12)20-2/h4-9H,3,10H2,1-2H3,(H,18,19). The van der Waals surface area contributed by atoms with Crippen molar-refractivity contribution < 1.29 is 4.74 Å². The van der Waals surface area contributed by atoms with Crippen LogP contribution in [0.2, 0.25) is 0 Å². The van der Waals surface area contributed by atoms with Gasteiger partial charge in [0.15, 0.2) is 5.13 Å². The minimum atomic E-state index is 0.650. The molecule has 0 aliphatic carbocycles. The Balaban J connectivity index is 1.79. The van der Waals surface area contributed by atoms with Gasteiger partial charge in [-0.15, -0.1) is 0 Å². The van der Waals surface area contributed by atoms with Gasteiger partial charge in [0.2, 0.25) is 0 Å². The van der Waals surface area contributed by atoms with Gasteiger partial charge in [0.1, 0.15) is 5.75 Å². The first-order chi connectivity index (χ1) is 10.3. The number of thiazole rings is 1. The molecule has 3 aromatic rings. The van der Waals surface area contributed by atoms with Gasteiger partial charge in [-0.2, -0.15) is 0 Å². The van der Waals surface area contributed by atoms with E-state index in [4.69, 9.17) is 4.74 Å². The highest BCUT2D eigenvalue weighted by molar-refractivity contribution is 7.22. The Bertz CT molecular complexity index is 754. The van der Waals surface area contributed by atoms with Crippen molar-refractivity contribution in [2.24, 2.45) is 0 Å². The van der Waals surface area contributed by atoms with Gasteiger partial charge in [-0.3, -0.25) is 4.98 Å². The maximum atomic E-state index is 5.33. The van der Waals surface area contributed by atoms with Crippen LogP contribution in [0.4, 0.5) is 5.13 Å².